The molecular formula is C17H28N2O3. The zero-order chi connectivity index (χ0) is 16.1. The molecule has 2 amide bonds. The quantitative estimate of drug-likeness (QED) is 0.750. The predicted octanol–water partition coefficient (Wildman–Crippen LogP) is 2.75. The third-order valence-electron chi connectivity index (χ3n) is 5.81. The van der Waals surface area contributed by atoms with Gasteiger partial charge in [0, 0.05) is 5.54 Å². The Morgan fingerprint density at radius 3 is 1.86 bits per heavy atom. The molecule has 22 heavy (non-hydrogen) atoms. The van der Waals surface area contributed by atoms with E-state index in [9.17, 15) is 14.7 Å². The molecule has 4 fully saturated rings. The second-order valence-corrected chi connectivity index (χ2v) is 8.93. The summed E-state index contributed by atoms with van der Waals surface area (Å²) >= 11 is 0. The van der Waals surface area contributed by atoms with Crippen molar-refractivity contribution in [1.82, 2.24) is 10.6 Å². The Hall–Kier alpha value is -1.26. The van der Waals surface area contributed by atoms with Gasteiger partial charge in [-0.3, -0.25) is 0 Å². The molecule has 4 aliphatic rings. The van der Waals surface area contributed by atoms with E-state index in [-0.39, 0.29) is 11.6 Å². The van der Waals surface area contributed by atoms with Gasteiger partial charge in [0.15, 0.2) is 0 Å². The minimum Gasteiger partial charge on any atom is -0.480 e. The van der Waals surface area contributed by atoms with Crippen molar-refractivity contribution in [2.24, 2.45) is 23.2 Å². The fourth-order valence-electron chi connectivity index (χ4n) is 5.32. The molecule has 1 atom stereocenters. The van der Waals surface area contributed by atoms with Crippen LogP contribution in [0.15, 0.2) is 0 Å². The largest absolute Gasteiger partial charge is 0.480 e. The van der Waals surface area contributed by atoms with Crippen molar-refractivity contribution in [2.45, 2.75) is 70.9 Å². The van der Waals surface area contributed by atoms with Crippen molar-refractivity contribution in [1.29, 1.82) is 0 Å². The van der Waals surface area contributed by atoms with Gasteiger partial charge in [-0.1, -0.05) is 20.8 Å². The Labute approximate surface area is 132 Å². The SMILES string of the molecule is CC(C)(C)C(NC(=O)NC12CC3CC(CC(C3)C1)C2)C(=O)O. The highest BCUT2D eigenvalue weighted by atomic mass is 16.4. The number of carboxylic acid groups (broad SMARTS) is 1. The number of carbonyl (C=O) groups excluding carboxylic acids is 1. The Morgan fingerprint density at radius 1 is 1.05 bits per heavy atom. The number of rotatable bonds is 3. The number of hydrogen-bond donors (Lipinski definition) is 3. The molecule has 0 radical (unpaired) electrons. The first-order valence-corrected chi connectivity index (χ1v) is 8.48. The average Bonchev–Trinajstić information content (AvgIpc) is 2.31. The normalized spacial score (nSPS) is 37.7. The molecule has 0 aromatic heterocycles. The van der Waals surface area contributed by atoms with E-state index < -0.39 is 17.4 Å². The first-order chi connectivity index (χ1) is 10.2. The Kier molecular flexibility index (Phi) is 3.65. The molecule has 4 rings (SSSR count). The van der Waals surface area contributed by atoms with Crippen molar-refractivity contribution >= 4 is 12.0 Å². The minimum absolute atomic E-state index is 0.0836. The lowest BCUT2D eigenvalue weighted by Crippen LogP contribution is -2.63. The lowest BCUT2D eigenvalue weighted by molar-refractivity contribution is -0.141. The van der Waals surface area contributed by atoms with Crippen LogP contribution in [0, 0.1) is 23.2 Å². The van der Waals surface area contributed by atoms with Crippen LogP contribution in [0.4, 0.5) is 4.79 Å². The van der Waals surface area contributed by atoms with Gasteiger partial charge in [-0.25, -0.2) is 9.59 Å². The fraction of sp³-hybridized carbons (Fsp3) is 0.882. The monoisotopic (exact) mass is 308 g/mol. The van der Waals surface area contributed by atoms with E-state index in [1.165, 1.54) is 19.3 Å². The van der Waals surface area contributed by atoms with E-state index in [1.807, 2.05) is 20.8 Å². The molecule has 0 spiro atoms. The topological polar surface area (TPSA) is 78.4 Å². The first-order valence-electron chi connectivity index (χ1n) is 8.48. The zero-order valence-electron chi connectivity index (χ0n) is 13.8. The number of hydrogen-bond acceptors (Lipinski definition) is 2. The van der Waals surface area contributed by atoms with Crippen LogP contribution in [0.5, 0.6) is 0 Å². The Balaban J connectivity index is 1.65. The molecule has 3 N–H and O–H groups in total. The summed E-state index contributed by atoms with van der Waals surface area (Å²) in [6.45, 7) is 5.49. The molecule has 5 heteroatoms. The van der Waals surface area contributed by atoms with Crippen molar-refractivity contribution < 1.29 is 14.7 Å². The molecule has 0 aliphatic heterocycles. The smallest absolute Gasteiger partial charge is 0.326 e. The molecule has 5 nitrogen and oxygen atoms in total. The summed E-state index contributed by atoms with van der Waals surface area (Å²) in [6, 6.07) is -1.19. The summed E-state index contributed by atoms with van der Waals surface area (Å²) in [4.78, 5) is 23.8. The van der Waals surface area contributed by atoms with Crippen LogP contribution in [-0.2, 0) is 4.79 Å². The number of carboxylic acids is 1. The number of urea groups is 1. The second-order valence-electron chi connectivity index (χ2n) is 8.93. The van der Waals surface area contributed by atoms with Crippen molar-refractivity contribution in [3.8, 4) is 0 Å². The van der Waals surface area contributed by atoms with Gasteiger partial charge in [0.05, 0.1) is 0 Å². The standard InChI is InChI=1S/C17H28N2O3/c1-16(2,3)13(14(20)21)18-15(22)19-17-7-10-4-11(8-17)6-12(5-10)9-17/h10-13H,4-9H2,1-3H3,(H,20,21)(H2,18,19,22). The lowest BCUT2D eigenvalue weighted by Gasteiger charge is -2.56. The molecule has 0 aromatic carbocycles. The average molecular weight is 308 g/mol. The van der Waals surface area contributed by atoms with Crippen LogP contribution in [0.2, 0.25) is 0 Å². The molecule has 4 saturated carbocycles. The van der Waals surface area contributed by atoms with Crippen molar-refractivity contribution in [3.05, 3.63) is 0 Å². The van der Waals surface area contributed by atoms with Crippen LogP contribution in [-0.4, -0.2) is 28.7 Å². The van der Waals surface area contributed by atoms with Crippen molar-refractivity contribution in [2.75, 3.05) is 0 Å². The summed E-state index contributed by atoms with van der Waals surface area (Å²) in [5, 5.41) is 15.2. The van der Waals surface area contributed by atoms with Gasteiger partial charge in [0.1, 0.15) is 6.04 Å². The summed E-state index contributed by atoms with van der Waals surface area (Å²) in [5.74, 6) is 1.28. The van der Waals surface area contributed by atoms with E-state index in [1.54, 1.807) is 0 Å². The van der Waals surface area contributed by atoms with Gasteiger partial charge in [-0.15, -0.1) is 0 Å². The number of carbonyl (C=O) groups is 2. The molecular weight excluding hydrogens is 280 g/mol. The van der Waals surface area contributed by atoms with E-state index in [0.29, 0.717) is 0 Å². The van der Waals surface area contributed by atoms with Crippen LogP contribution in [0.25, 0.3) is 0 Å². The maximum absolute atomic E-state index is 12.4. The zero-order valence-corrected chi connectivity index (χ0v) is 13.8. The molecule has 4 aliphatic carbocycles. The number of amides is 2. The maximum Gasteiger partial charge on any atom is 0.326 e. The highest BCUT2D eigenvalue weighted by Gasteiger charge is 2.51. The van der Waals surface area contributed by atoms with Crippen LogP contribution >= 0.6 is 0 Å². The first kappa shape index (κ1) is 15.6. The lowest BCUT2D eigenvalue weighted by atomic mass is 9.53. The molecule has 0 aromatic rings. The van der Waals surface area contributed by atoms with E-state index in [0.717, 1.165) is 37.0 Å². The van der Waals surface area contributed by atoms with E-state index >= 15 is 0 Å². The summed E-state index contributed by atoms with van der Waals surface area (Å²) in [7, 11) is 0. The molecule has 124 valence electrons. The van der Waals surface area contributed by atoms with Crippen molar-refractivity contribution in [3.63, 3.8) is 0 Å². The van der Waals surface area contributed by atoms with Gasteiger partial charge in [0.25, 0.3) is 0 Å². The third kappa shape index (κ3) is 2.95. The fourth-order valence-corrected chi connectivity index (χ4v) is 5.32. The number of nitrogens with one attached hydrogen (secondary N) is 2. The predicted molar refractivity (Wildman–Crippen MR) is 83.4 cm³/mol. The van der Waals surface area contributed by atoms with Gasteiger partial charge in [-0.05, 0) is 61.7 Å². The molecule has 0 saturated heterocycles. The summed E-state index contributed by atoms with van der Waals surface area (Å²) in [5.41, 5.74) is -0.593. The van der Waals surface area contributed by atoms with Crippen LogP contribution in [0.1, 0.15) is 59.3 Å². The second kappa shape index (κ2) is 5.14. The Bertz CT molecular complexity index is 446. The number of aliphatic carboxylic acids is 1. The minimum atomic E-state index is -0.979. The molecule has 1 unspecified atom stereocenters. The summed E-state index contributed by atoms with van der Waals surface area (Å²) < 4.78 is 0. The highest BCUT2D eigenvalue weighted by Crippen LogP contribution is 2.55. The van der Waals surface area contributed by atoms with Gasteiger partial charge >= 0.3 is 12.0 Å². The maximum atomic E-state index is 12.4. The van der Waals surface area contributed by atoms with E-state index in [2.05, 4.69) is 10.6 Å². The third-order valence-corrected chi connectivity index (χ3v) is 5.81. The van der Waals surface area contributed by atoms with Crippen LogP contribution < -0.4 is 10.6 Å². The Morgan fingerprint density at radius 2 is 1.50 bits per heavy atom. The summed E-state index contributed by atoms with van der Waals surface area (Å²) in [6.07, 6.45) is 7.17. The van der Waals surface area contributed by atoms with Gasteiger partial charge in [0.2, 0.25) is 0 Å². The van der Waals surface area contributed by atoms with E-state index in [4.69, 9.17) is 0 Å². The van der Waals surface area contributed by atoms with Gasteiger partial charge < -0.3 is 15.7 Å². The van der Waals surface area contributed by atoms with Crippen LogP contribution in [0.3, 0.4) is 0 Å². The molecule has 0 heterocycles. The molecule has 4 bridgehead atoms. The highest BCUT2D eigenvalue weighted by molar-refractivity contribution is 5.83. The van der Waals surface area contributed by atoms with Gasteiger partial charge in [-0.2, -0.15) is 0 Å².